The Balaban J connectivity index is 2.22. The molecule has 0 amide bonds. The molecule has 0 radical (unpaired) electrons. The van der Waals surface area contributed by atoms with E-state index in [1.807, 2.05) is 24.3 Å². The van der Waals surface area contributed by atoms with E-state index in [0.29, 0.717) is 11.7 Å². The molecule has 0 heterocycles. The molecular weight excluding hydrogens is 243 g/mol. The van der Waals surface area contributed by atoms with Crippen molar-refractivity contribution < 1.29 is 9.09 Å². The van der Waals surface area contributed by atoms with Crippen LogP contribution in [-0.4, -0.2) is 0 Å². The van der Waals surface area contributed by atoms with E-state index in [4.69, 9.17) is 4.52 Å². The van der Waals surface area contributed by atoms with E-state index in [0.717, 1.165) is 5.56 Å². The smallest absolute Gasteiger partial charge is 0.395 e. The summed E-state index contributed by atoms with van der Waals surface area (Å²) in [5.74, 6) is 1.15. The first-order valence-electron chi connectivity index (χ1n) is 5.91. The van der Waals surface area contributed by atoms with Crippen LogP contribution in [-0.2, 0) is 4.57 Å². The predicted molar refractivity (Wildman–Crippen MR) is 74.2 cm³/mol. The van der Waals surface area contributed by atoms with Gasteiger partial charge in [-0.3, -0.25) is 0 Å². The molecule has 0 aliphatic carbocycles. The Labute approximate surface area is 109 Å². The molecule has 2 aromatic rings. The summed E-state index contributed by atoms with van der Waals surface area (Å²) in [5, 5.41) is 0. The second-order valence-corrected chi connectivity index (χ2v) is 4.80. The molecule has 0 aliphatic rings. The van der Waals surface area contributed by atoms with Gasteiger partial charge in [-0.25, -0.2) is 4.57 Å². The van der Waals surface area contributed by atoms with Gasteiger partial charge in [-0.2, -0.15) is 0 Å². The van der Waals surface area contributed by atoms with Crippen LogP contribution < -0.4 is 4.52 Å². The normalized spacial score (nSPS) is 10.8. The van der Waals surface area contributed by atoms with E-state index in [2.05, 4.69) is 38.1 Å². The Bertz CT molecular complexity index is 515. The average Bonchev–Trinajstić information content (AvgIpc) is 2.40. The highest BCUT2D eigenvalue weighted by molar-refractivity contribution is 7.17. The van der Waals surface area contributed by atoms with Crippen LogP contribution in [0.2, 0.25) is 0 Å². The number of hydrogen-bond donors (Lipinski definition) is 0. The Morgan fingerprint density at radius 2 is 1.39 bits per heavy atom. The summed E-state index contributed by atoms with van der Waals surface area (Å²) in [7, 11) is -0.322. The van der Waals surface area contributed by atoms with Crippen molar-refractivity contribution in [3.8, 4) is 16.9 Å². The summed E-state index contributed by atoms with van der Waals surface area (Å²) in [6.07, 6.45) is 0. The lowest BCUT2D eigenvalue weighted by Gasteiger charge is -2.07. The van der Waals surface area contributed by atoms with Crippen molar-refractivity contribution in [3.63, 3.8) is 0 Å². The summed E-state index contributed by atoms with van der Waals surface area (Å²) < 4.78 is 15.2. The minimum atomic E-state index is -0.322. The quantitative estimate of drug-likeness (QED) is 0.716. The Morgan fingerprint density at radius 1 is 0.889 bits per heavy atom. The fourth-order valence-electron chi connectivity index (χ4n) is 1.81. The molecule has 0 aromatic heterocycles. The lowest BCUT2D eigenvalue weighted by atomic mass is 9.99. The van der Waals surface area contributed by atoms with Crippen LogP contribution in [0.5, 0.6) is 5.75 Å². The van der Waals surface area contributed by atoms with Gasteiger partial charge in [-0.05, 0) is 34.7 Å². The molecule has 18 heavy (non-hydrogen) atoms. The van der Waals surface area contributed by atoms with Crippen LogP contribution in [0.25, 0.3) is 11.1 Å². The molecule has 0 saturated heterocycles. The third-order valence-electron chi connectivity index (χ3n) is 2.91. The summed E-state index contributed by atoms with van der Waals surface area (Å²) in [5.41, 5.74) is 3.63. The highest BCUT2D eigenvalue weighted by atomic mass is 31.1. The largest absolute Gasteiger partial charge is 0.408 e. The zero-order chi connectivity index (χ0) is 13.0. The van der Waals surface area contributed by atoms with Crippen LogP contribution >= 0.6 is 8.69 Å². The first-order valence-corrected chi connectivity index (χ1v) is 6.64. The van der Waals surface area contributed by atoms with Crippen molar-refractivity contribution in [2.75, 3.05) is 0 Å². The van der Waals surface area contributed by atoms with Gasteiger partial charge in [0.1, 0.15) is 5.75 Å². The molecule has 0 spiro atoms. The fourth-order valence-corrected chi connectivity index (χ4v) is 2.02. The summed E-state index contributed by atoms with van der Waals surface area (Å²) in [4.78, 5) is 0. The third kappa shape index (κ3) is 2.96. The maximum absolute atomic E-state index is 10.3. The Hall–Kier alpha value is -1.66. The van der Waals surface area contributed by atoms with Crippen LogP contribution in [0, 0.1) is 0 Å². The summed E-state index contributed by atoms with van der Waals surface area (Å²) >= 11 is 0. The topological polar surface area (TPSA) is 26.3 Å². The highest BCUT2D eigenvalue weighted by Crippen LogP contribution is 2.25. The first-order chi connectivity index (χ1) is 8.70. The number of benzene rings is 2. The van der Waals surface area contributed by atoms with Crippen molar-refractivity contribution in [3.05, 3.63) is 54.1 Å². The van der Waals surface area contributed by atoms with Gasteiger partial charge in [0.2, 0.25) is 0 Å². The van der Waals surface area contributed by atoms with Gasteiger partial charge in [0, 0.05) is 0 Å². The van der Waals surface area contributed by atoms with E-state index in [9.17, 15) is 4.57 Å². The molecular formula is C15H15O2P. The van der Waals surface area contributed by atoms with E-state index < -0.39 is 0 Å². The molecule has 0 atom stereocenters. The lowest BCUT2D eigenvalue weighted by Crippen LogP contribution is -1.86. The fraction of sp³-hybridized carbons (Fsp3) is 0.200. The molecule has 0 saturated carbocycles. The van der Waals surface area contributed by atoms with Crippen LogP contribution in [0.4, 0.5) is 0 Å². The van der Waals surface area contributed by atoms with Gasteiger partial charge >= 0.3 is 8.69 Å². The van der Waals surface area contributed by atoms with Gasteiger partial charge in [-0.15, -0.1) is 0 Å². The third-order valence-corrected chi connectivity index (χ3v) is 3.19. The molecule has 2 nitrogen and oxygen atoms in total. The second-order valence-electron chi connectivity index (χ2n) is 4.47. The average molecular weight is 258 g/mol. The lowest BCUT2D eigenvalue weighted by molar-refractivity contribution is 0.525. The highest BCUT2D eigenvalue weighted by Gasteiger charge is 2.01. The zero-order valence-corrected chi connectivity index (χ0v) is 11.4. The van der Waals surface area contributed by atoms with Crippen LogP contribution in [0.15, 0.2) is 48.5 Å². The Morgan fingerprint density at radius 3 is 1.83 bits per heavy atom. The molecule has 2 rings (SSSR count). The van der Waals surface area contributed by atoms with Gasteiger partial charge in [0.05, 0.1) is 0 Å². The van der Waals surface area contributed by atoms with E-state index in [1.165, 1.54) is 11.1 Å². The van der Waals surface area contributed by atoms with Crippen molar-refractivity contribution in [2.45, 2.75) is 19.8 Å². The molecule has 92 valence electrons. The maximum atomic E-state index is 10.3. The molecule has 2 aromatic carbocycles. The van der Waals surface area contributed by atoms with Gasteiger partial charge in [0.25, 0.3) is 0 Å². The molecule has 0 fully saturated rings. The predicted octanol–water partition coefficient (Wildman–Crippen LogP) is 5.06. The molecule has 3 heteroatoms. The first kappa shape index (κ1) is 12.8. The van der Waals surface area contributed by atoms with Gasteiger partial charge in [-0.1, -0.05) is 50.2 Å². The SMILES string of the molecule is CC(C)c1ccc(-c2ccc(OP=O)cc2)cc1. The van der Waals surface area contributed by atoms with Crippen molar-refractivity contribution in [1.82, 2.24) is 0 Å². The number of hydrogen-bond acceptors (Lipinski definition) is 2. The molecule has 0 aliphatic heterocycles. The van der Waals surface area contributed by atoms with Gasteiger partial charge in [0.15, 0.2) is 0 Å². The van der Waals surface area contributed by atoms with Crippen LogP contribution in [0.3, 0.4) is 0 Å². The van der Waals surface area contributed by atoms with E-state index in [-0.39, 0.29) is 8.69 Å². The van der Waals surface area contributed by atoms with Crippen molar-refractivity contribution in [1.29, 1.82) is 0 Å². The Kier molecular flexibility index (Phi) is 4.11. The van der Waals surface area contributed by atoms with Crippen LogP contribution in [0.1, 0.15) is 25.3 Å². The van der Waals surface area contributed by atoms with Gasteiger partial charge < -0.3 is 4.52 Å². The second kappa shape index (κ2) is 5.79. The van der Waals surface area contributed by atoms with Crippen molar-refractivity contribution >= 4 is 8.69 Å². The van der Waals surface area contributed by atoms with E-state index in [1.54, 1.807) is 0 Å². The number of rotatable bonds is 4. The minimum Gasteiger partial charge on any atom is -0.408 e. The maximum Gasteiger partial charge on any atom is 0.395 e. The standard InChI is InChI=1S/C15H15O2P/c1-11(2)12-3-5-13(6-4-12)14-7-9-15(10-8-14)17-18-16/h3-11H,1-2H3. The summed E-state index contributed by atoms with van der Waals surface area (Å²) in [6.45, 7) is 4.37. The molecule has 0 unspecified atom stereocenters. The summed E-state index contributed by atoms with van der Waals surface area (Å²) in [6, 6.07) is 16.1. The van der Waals surface area contributed by atoms with Crippen molar-refractivity contribution in [2.24, 2.45) is 0 Å². The minimum absolute atomic E-state index is 0.322. The monoisotopic (exact) mass is 258 g/mol. The zero-order valence-electron chi connectivity index (χ0n) is 10.5. The molecule has 0 bridgehead atoms. The van der Waals surface area contributed by atoms with E-state index >= 15 is 0 Å². The molecule has 0 N–H and O–H groups in total.